The van der Waals surface area contributed by atoms with Gasteiger partial charge in [0.2, 0.25) is 5.91 Å². The Hall–Kier alpha value is -3.73. The maximum atomic E-state index is 12.4. The Balaban J connectivity index is 1.87. The smallest absolute Gasteiger partial charge is 0.404 e. The lowest BCUT2D eigenvalue weighted by molar-refractivity contribution is -0.117. The second-order valence-electron chi connectivity index (χ2n) is 8.30. The molecule has 1 heterocycles. The molecule has 2 aromatic carbocycles. The third kappa shape index (κ3) is 6.48. The standard InChI is InChI=1S/C26H29N5O4S/c1-2-19-20(15-27)22(31-11-8-18(9-12-31)35-13-10-30-26(33)34)14-23(21(19)16-28)36-24(25(29)32)17-6-4-3-5-7-17/h3-7,14,18,24,30H,2,8-13H2,1H3,(H2,29,32)(H,33,34). The van der Waals surface area contributed by atoms with Gasteiger partial charge < -0.3 is 25.8 Å². The zero-order valence-electron chi connectivity index (χ0n) is 20.1. The third-order valence-electron chi connectivity index (χ3n) is 6.07. The van der Waals surface area contributed by atoms with Crippen molar-refractivity contribution in [3.63, 3.8) is 0 Å². The fourth-order valence-electron chi connectivity index (χ4n) is 4.33. The number of benzene rings is 2. The maximum absolute atomic E-state index is 12.4. The number of amides is 2. The van der Waals surface area contributed by atoms with Gasteiger partial charge in [0.1, 0.15) is 17.4 Å². The summed E-state index contributed by atoms with van der Waals surface area (Å²) in [6.07, 6.45) is 0.851. The molecule has 0 radical (unpaired) electrons. The molecule has 1 saturated heterocycles. The Labute approximate surface area is 214 Å². The Morgan fingerprint density at radius 2 is 1.89 bits per heavy atom. The molecule has 9 nitrogen and oxygen atoms in total. The summed E-state index contributed by atoms with van der Waals surface area (Å²) in [4.78, 5) is 25.7. The molecule has 36 heavy (non-hydrogen) atoms. The van der Waals surface area contributed by atoms with Crippen molar-refractivity contribution in [2.24, 2.45) is 5.73 Å². The minimum atomic E-state index is -1.08. The fourth-order valence-corrected chi connectivity index (χ4v) is 5.46. The summed E-state index contributed by atoms with van der Waals surface area (Å²) in [5.74, 6) is -0.505. The molecule has 0 aliphatic carbocycles. The molecule has 1 aliphatic heterocycles. The second-order valence-corrected chi connectivity index (χ2v) is 9.45. The Bertz CT molecular complexity index is 1170. The van der Waals surface area contributed by atoms with Gasteiger partial charge in [-0.2, -0.15) is 10.5 Å². The summed E-state index contributed by atoms with van der Waals surface area (Å²) >= 11 is 1.23. The van der Waals surface area contributed by atoms with Crippen molar-refractivity contribution in [2.75, 3.05) is 31.1 Å². The number of nitrogens with one attached hydrogen (secondary N) is 1. The zero-order chi connectivity index (χ0) is 26.1. The van der Waals surface area contributed by atoms with E-state index in [-0.39, 0.29) is 12.6 Å². The SMILES string of the molecule is CCc1c(C#N)c(SC(C(N)=O)c2ccccc2)cc(N2CCC(OCCNC(=O)O)CC2)c1C#N. The molecule has 0 bridgehead atoms. The summed E-state index contributed by atoms with van der Waals surface area (Å²) in [7, 11) is 0. The Morgan fingerprint density at radius 3 is 2.44 bits per heavy atom. The number of carbonyl (C=O) groups is 2. The molecule has 4 N–H and O–H groups in total. The average molecular weight is 508 g/mol. The van der Waals surface area contributed by atoms with Gasteiger partial charge in [-0.3, -0.25) is 4.79 Å². The molecule has 1 unspecified atom stereocenters. The average Bonchev–Trinajstić information content (AvgIpc) is 2.89. The monoisotopic (exact) mass is 507 g/mol. The van der Waals surface area contributed by atoms with Gasteiger partial charge in [0.05, 0.1) is 29.5 Å². The van der Waals surface area contributed by atoms with E-state index < -0.39 is 17.3 Å². The number of hydrogen-bond donors (Lipinski definition) is 3. The molecule has 1 aliphatic rings. The van der Waals surface area contributed by atoms with E-state index in [1.807, 2.05) is 43.3 Å². The van der Waals surface area contributed by atoms with Crippen LogP contribution in [0.4, 0.5) is 10.5 Å². The molecule has 0 aromatic heterocycles. The molecule has 2 aromatic rings. The molecule has 0 spiro atoms. The van der Waals surface area contributed by atoms with Crippen molar-refractivity contribution in [3.8, 4) is 12.1 Å². The number of carboxylic acid groups (broad SMARTS) is 1. The minimum absolute atomic E-state index is 0.00224. The number of nitriles is 2. The number of piperidine rings is 1. The summed E-state index contributed by atoms with van der Waals surface area (Å²) in [6.45, 7) is 3.72. The first kappa shape index (κ1) is 26.9. The van der Waals surface area contributed by atoms with Gasteiger partial charge in [0.15, 0.2) is 0 Å². The number of carbonyl (C=O) groups excluding carboxylic acids is 1. The van der Waals surface area contributed by atoms with E-state index in [0.717, 1.165) is 24.1 Å². The van der Waals surface area contributed by atoms with Gasteiger partial charge in [0.25, 0.3) is 0 Å². The van der Waals surface area contributed by atoms with Crippen molar-refractivity contribution in [3.05, 3.63) is 58.7 Å². The van der Waals surface area contributed by atoms with E-state index >= 15 is 0 Å². The number of primary amides is 1. The lowest BCUT2D eigenvalue weighted by Crippen LogP contribution is -2.38. The molecule has 1 fully saturated rings. The molecular formula is C26H29N5O4S. The first-order valence-electron chi connectivity index (χ1n) is 11.7. The molecule has 1 atom stereocenters. The number of ether oxygens (including phenoxy) is 1. The summed E-state index contributed by atoms with van der Waals surface area (Å²) < 4.78 is 5.79. The largest absolute Gasteiger partial charge is 0.465 e. The third-order valence-corrected chi connectivity index (χ3v) is 7.39. The van der Waals surface area contributed by atoms with Crippen LogP contribution in [0.15, 0.2) is 41.3 Å². The van der Waals surface area contributed by atoms with Crippen LogP contribution in [0.25, 0.3) is 0 Å². The molecule has 0 saturated carbocycles. The Morgan fingerprint density at radius 1 is 1.22 bits per heavy atom. The van der Waals surface area contributed by atoms with Crippen LogP contribution in [-0.4, -0.2) is 49.5 Å². The molecular weight excluding hydrogens is 478 g/mol. The predicted octanol–water partition coefficient (Wildman–Crippen LogP) is 3.56. The highest BCUT2D eigenvalue weighted by molar-refractivity contribution is 8.00. The first-order valence-corrected chi connectivity index (χ1v) is 12.6. The number of nitrogens with two attached hydrogens (primary N) is 1. The van der Waals surface area contributed by atoms with Gasteiger partial charge >= 0.3 is 6.09 Å². The second kappa shape index (κ2) is 12.8. The van der Waals surface area contributed by atoms with Crippen LogP contribution in [0.2, 0.25) is 0 Å². The van der Waals surface area contributed by atoms with E-state index in [0.29, 0.717) is 47.7 Å². The van der Waals surface area contributed by atoms with Gasteiger partial charge in [-0.25, -0.2) is 4.79 Å². The highest BCUT2D eigenvalue weighted by Crippen LogP contribution is 2.42. The van der Waals surface area contributed by atoms with Crippen molar-refractivity contribution in [1.29, 1.82) is 10.5 Å². The Kier molecular flexibility index (Phi) is 9.57. The number of rotatable bonds is 10. The van der Waals surface area contributed by atoms with E-state index in [1.165, 1.54) is 11.8 Å². The highest BCUT2D eigenvalue weighted by atomic mass is 32.2. The number of hydrogen-bond acceptors (Lipinski definition) is 7. The van der Waals surface area contributed by atoms with E-state index in [4.69, 9.17) is 15.6 Å². The lowest BCUT2D eigenvalue weighted by Gasteiger charge is -2.35. The number of thioether (sulfide) groups is 1. The van der Waals surface area contributed by atoms with Crippen molar-refractivity contribution in [1.82, 2.24) is 5.32 Å². The highest BCUT2D eigenvalue weighted by Gasteiger charge is 2.28. The topological polar surface area (TPSA) is 152 Å². The fraction of sp³-hybridized carbons (Fsp3) is 0.385. The zero-order valence-corrected chi connectivity index (χ0v) is 20.9. The summed E-state index contributed by atoms with van der Waals surface area (Å²) in [5.41, 5.74) is 8.75. The summed E-state index contributed by atoms with van der Waals surface area (Å²) in [6, 6.07) is 15.6. The molecule has 3 rings (SSSR count). The molecule has 188 valence electrons. The van der Waals surface area contributed by atoms with Crippen molar-refractivity contribution < 1.29 is 19.4 Å². The minimum Gasteiger partial charge on any atom is -0.465 e. The van der Waals surface area contributed by atoms with Gasteiger partial charge in [0, 0.05) is 24.5 Å². The maximum Gasteiger partial charge on any atom is 0.404 e. The lowest BCUT2D eigenvalue weighted by atomic mass is 9.96. The normalized spacial score (nSPS) is 14.5. The number of nitrogens with zero attached hydrogens (tertiary/aromatic N) is 3. The van der Waals surface area contributed by atoms with Crippen LogP contribution in [0.3, 0.4) is 0 Å². The first-order chi connectivity index (χ1) is 17.4. The van der Waals surface area contributed by atoms with E-state index in [1.54, 1.807) is 0 Å². The van der Waals surface area contributed by atoms with Crippen molar-refractivity contribution >= 4 is 29.4 Å². The van der Waals surface area contributed by atoms with Crippen LogP contribution in [-0.2, 0) is 16.0 Å². The van der Waals surface area contributed by atoms with E-state index in [9.17, 15) is 20.1 Å². The van der Waals surface area contributed by atoms with Gasteiger partial charge in [-0.15, -0.1) is 11.8 Å². The van der Waals surface area contributed by atoms with E-state index in [2.05, 4.69) is 22.4 Å². The van der Waals surface area contributed by atoms with Gasteiger partial charge in [-0.1, -0.05) is 37.3 Å². The molecule has 2 amide bonds. The number of anilines is 1. The quantitative estimate of drug-likeness (QED) is 0.326. The van der Waals surface area contributed by atoms with Crippen LogP contribution in [0, 0.1) is 22.7 Å². The van der Waals surface area contributed by atoms with Crippen LogP contribution < -0.4 is 16.0 Å². The molecule has 10 heteroatoms. The predicted molar refractivity (Wildman–Crippen MR) is 137 cm³/mol. The van der Waals surface area contributed by atoms with Crippen LogP contribution in [0.5, 0.6) is 0 Å². The van der Waals surface area contributed by atoms with Crippen LogP contribution in [0.1, 0.15) is 47.3 Å². The van der Waals surface area contributed by atoms with Crippen LogP contribution >= 0.6 is 11.8 Å². The van der Waals surface area contributed by atoms with Gasteiger partial charge in [-0.05, 0) is 36.5 Å². The summed E-state index contributed by atoms with van der Waals surface area (Å²) in [5, 5.41) is 30.3. The van der Waals surface area contributed by atoms with Crippen molar-refractivity contribution in [2.45, 2.75) is 42.4 Å².